The fourth-order valence-electron chi connectivity index (χ4n) is 2.54. The molecular formula is C25H43NO9. The second-order valence-electron chi connectivity index (χ2n) is 7.58. The number of benzene rings is 1. The summed E-state index contributed by atoms with van der Waals surface area (Å²) in [6.45, 7) is 11.2. The van der Waals surface area contributed by atoms with E-state index < -0.39 is 6.09 Å². The zero-order chi connectivity index (χ0) is 25.2. The lowest BCUT2D eigenvalue weighted by molar-refractivity contribution is -0.0237. The van der Waals surface area contributed by atoms with Crippen LogP contribution in [0.5, 0.6) is 0 Å². The number of nitrogens with one attached hydrogen (secondary N) is 1. The Morgan fingerprint density at radius 1 is 0.657 bits per heavy atom. The first-order valence-electron chi connectivity index (χ1n) is 12.2. The molecule has 1 aromatic rings. The van der Waals surface area contributed by atoms with E-state index in [0.29, 0.717) is 92.4 Å². The van der Waals surface area contributed by atoms with Crippen molar-refractivity contribution in [2.45, 2.75) is 26.6 Å². The van der Waals surface area contributed by atoms with E-state index in [1.807, 2.05) is 44.2 Å². The maximum absolute atomic E-state index is 11.6. The van der Waals surface area contributed by atoms with Gasteiger partial charge in [0.2, 0.25) is 0 Å². The monoisotopic (exact) mass is 501 g/mol. The van der Waals surface area contributed by atoms with Crippen molar-refractivity contribution in [3.05, 3.63) is 35.9 Å². The number of rotatable bonds is 24. The number of hydrogen-bond donors (Lipinski definition) is 1. The minimum absolute atomic E-state index is 0.230. The Kier molecular flexibility index (Phi) is 21.4. The largest absolute Gasteiger partial charge is 0.445 e. The van der Waals surface area contributed by atoms with Crippen molar-refractivity contribution >= 4 is 6.09 Å². The van der Waals surface area contributed by atoms with Gasteiger partial charge in [0.25, 0.3) is 0 Å². The number of amides is 1. The normalized spacial score (nSPS) is 11.2. The summed E-state index contributed by atoms with van der Waals surface area (Å²) in [4.78, 5) is 11.6. The number of carbonyl (C=O) groups excluding carboxylic acids is 1. The van der Waals surface area contributed by atoms with Gasteiger partial charge in [-0.25, -0.2) is 4.79 Å². The van der Waals surface area contributed by atoms with E-state index in [0.717, 1.165) is 5.56 Å². The van der Waals surface area contributed by atoms with Crippen molar-refractivity contribution in [1.29, 1.82) is 0 Å². The van der Waals surface area contributed by atoms with Gasteiger partial charge in [0.1, 0.15) is 6.61 Å². The van der Waals surface area contributed by atoms with Gasteiger partial charge in [-0.3, -0.25) is 0 Å². The van der Waals surface area contributed by atoms with Crippen LogP contribution in [-0.4, -0.2) is 105 Å². The molecule has 0 aliphatic carbocycles. The topological polar surface area (TPSA) is 103 Å². The SMILES string of the molecule is CC(C)OCCOCCOCCOCCOCCOCCOCCNC(=O)OCc1ccccc1. The van der Waals surface area contributed by atoms with E-state index in [1.54, 1.807) is 0 Å². The molecule has 35 heavy (non-hydrogen) atoms. The Balaban J connectivity index is 1.69. The van der Waals surface area contributed by atoms with E-state index >= 15 is 0 Å². The number of ether oxygens (including phenoxy) is 8. The molecule has 10 nitrogen and oxygen atoms in total. The van der Waals surface area contributed by atoms with Gasteiger partial charge in [-0.05, 0) is 19.4 Å². The van der Waals surface area contributed by atoms with Crippen LogP contribution in [0.3, 0.4) is 0 Å². The Hall–Kier alpha value is -1.79. The zero-order valence-electron chi connectivity index (χ0n) is 21.2. The molecule has 0 saturated heterocycles. The smallest absolute Gasteiger partial charge is 0.407 e. The predicted octanol–water partition coefficient (Wildman–Crippen LogP) is 2.44. The van der Waals surface area contributed by atoms with Crippen LogP contribution in [-0.2, 0) is 44.5 Å². The van der Waals surface area contributed by atoms with Gasteiger partial charge in [0.15, 0.2) is 0 Å². The van der Waals surface area contributed by atoms with E-state index in [2.05, 4.69) is 5.32 Å². The molecule has 0 unspecified atom stereocenters. The third-order valence-electron chi connectivity index (χ3n) is 4.27. The first-order valence-corrected chi connectivity index (χ1v) is 12.2. The Morgan fingerprint density at radius 2 is 1.09 bits per heavy atom. The first kappa shape index (κ1) is 31.2. The van der Waals surface area contributed by atoms with Gasteiger partial charge in [-0.1, -0.05) is 30.3 Å². The van der Waals surface area contributed by atoms with Crippen LogP contribution < -0.4 is 5.32 Å². The molecule has 1 aromatic carbocycles. The van der Waals surface area contributed by atoms with Crippen LogP contribution in [0.2, 0.25) is 0 Å². The van der Waals surface area contributed by atoms with Crippen LogP contribution in [0.25, 0.3) is 0 Å². The Bertz CT molecular complexity index is 590. The van der Waals surface area contributed by atoms with Crippen LogP contribution >= 0.6 is 0 Å². The average Bonchev–Trinajstić information content (AvgIpc) is 2.86. The van der Waals surface area contributed by atoms with Crippen molar-refractivity contribution in [3.8, 4) is 0 Å². The maximum Gasteiger partial charge on any atom is 0.407 e. The summed E-state index contributed by atoms with van der Waals surface area (Å²) in [6.07, 6.45) is -0.232. The number of alkyl carbamates (subject to hydrolysis) is 1. The highest BCUT2D eigenvalue weighted by molar-refractivity contribution is 5.67. The van der Waals surface area contributed by atoms with E-state index in [1.165, 1.54) is 0 Å². The third-order valence-corrected chi connectivity index (χ3v) is 4.27. The fourth-order valence-corrected chi connectivity index (χ4v) is 2.54. The molecule has 202 valence electrons. The molecular weight excluding hydrogens is 458 g/mol. The summed E-state index contributed by atoms with van der Waals surface area (Å²) in [5.41, 5.74) is 0.943. The molecule has 1 rings (SSSR count). The summed E-state index contributed by atoms with van der Waals surface area (Å²) >= 11 is 0. The van der Waals surface area contributed by atoms with Gasteiger partial charge in [-0.15, -0.1) is 0 Å². The highest BCUT2D eigenvalue weighted by Crippen LogP contribution is 2.00. The molecule has 0 saturated carbocycles. The Morgan fingerprint density at radius 3 is 1.54 bits per heavy atom. The lowest BCUT2D eigenvalue weighted by Gasteiger charge is -2.09. The van der Waals surface area contributed by atoms with Crippen molar-refractivity contribution in [2.24, 2.45) is 0 Å². The summed E-state index contributed by atoms with van der Waals surface area (Å²) in [5, 5.41) is 2.64. The van der Waals surface area contributed by atoms with Crippen molar-refractivity contribution in [3.63, 3.8) is 0 Å². The standard InChI is InChI=1S/C25H43NO9/c1-23(2)34-21-20-33-19-18-32-17-16-31-15-14-30-13-12-29-11-10-28-9-8-26-25(27)35-22-24-6-4-3-5-7-24/h3-7,23H,8-22H2,1-2H3,(H,26,27). The zero-order valence-corrected chi connectivity index (χ0v) is 21.2. The molecule has 10 heteroatoms. The lowest BCUT2D eigenvalue weighted by Crippen LogP contribution is -2.28. The Labute approximate surface area is 209 Å². The van der Waals surface area contributed by atoms with Crippen LogP contribution in [0, 0.1) is 0 Å². The lowest BCUT2D eigenvalue weighted by atomic mass is 10.2. The summed E-state index contributed by atoms with van der Waals surface area (Å²) in [5.74, 6) is 0. The molecule has 0 aromatic heterocycles. The van der Waals surface area contributed by atoms with Crippen LogP contribution in [0.4, 0.5) is 4.79 Å². The summed E-state index contributed by atoms with van der Waals surface area (Å²) in [6, 6.07) is 9.52. The number of hydrogen-bond acceptors (Lipinski definition) is 9. The minimum atomic E-state index is -0.462. The highest BCUT2D eigenvalue weighted by atomic mass is 16.6. The van der Waals surface area contributed by atoms with E-state index in [-0.39, 0.29) is 12.7 Å². The molecule has 1 N–H and O–H groups in total. The molecule has 1 amide bonds. The number of carbonyl (C=O) groups is 1. The molecule has 0 spiro atoms. The first-order chi connectivity index (χ1) is 17.2. The van der Waals surface area contributed by atoms with E-state index in [4.69, 9.17) is 37.9 Å². The molecule has 0 bridgehead atoms. The molecule has 0 heterocycles. The molecule has 0 fully saturated rings. The van der Waals surface area contributed by atoms with Crippen LogP contribution in [0.15, 0.2) is 30.3 Å². The van der Waals surface area contributed by atoms with Gasteiger partial charge in [0.05, 0.1) is 92.0 Å². The van der Waals surface area contributed by atoms with Crippen molar-refractivity contribution in [1.82, 2.24) is 5.32 Å². The molecule has 0 radical (unpaired) electrons. The average molecular weight is 502 g/mol. The molecule has 0 aliphatic rings. The fraction of sp³-hybridized carbons (Fsp3) is 0.720. The second-order valence-corrected chi connectivity index (χ2v) is 7.58. The molecule has 0 aliphatic heterocycles. The summed E-state index contributed by atoms with van der Waals surface area (Å²) in [7, 11) is 0. The van der Waals surface area contributed by atoms with Gasteiger partial charge < -0.3 is 43.2 Å². The van der Waals surface area contributed by atoms with Gasteiger partial charge in [0, 0.05) is 6.54 Å². The van der Waals surface area contributed by atoms with Crippen molar-refractivity contribution in [2.75, 3.05) is 92.4 Å². The summed E-state index contributed by atoms with van der Waals surface area (Å²) < 4.78 is 43.0. The highest BCUT2D eigenvalue weighted by Gasteiger charge is 2.01. The second kappa shape index (κ2) is 23.9. The molecule has 0 atom stereocenters. The van der Waals surface area contributed by atoms with E-state index in [9.17, 15) is 4.79 Å². The minimum Gasteiger partial charge on any atom is -0.445 e. The third kappa shape index (κ3) is 22.4. The van der Waals surface area contributed by atoms with Crippen molar-refractivity contribution < 1.29 is 42.7 Å². The quantitative estimate of drug-likeness (QED) is 0.214. The van der Waals surface area contributed by atoms with Gasteiger partial charge in [-0.2, -0.15) is 0 Å². The van der Waals surface area contributed by atoms with Gasteiger partial charge >= 0.3 is 6.09 Å². The predicted molar refractivity (Wildman–Crippen MR) is 131 cm³/mol. The maximum atomic E-state index is 11.6. The van der Waals surface area contributed by atoms with Crippen LogP contribution in [0.1, 0.15) is 19.4 Å².